The molecular weight excluding hydrogens is 326 g/mol. The third-order valence-corrected chi connectivity index (χ3v) is 5.05. The maximum atomic E-state index is 12.3. The number of amides is 1. The lowest BCUT2D eigenvalue weighted by atomic mass is 10.2. The summed E-state index contributed by atoms with van der Waals surface area (Å²) in [6.45, 7) is 1.71. The smallest absolute Gasteiger partial charge is 0.253 e. The van der Waals surface area contributed by atoms with E-state index in [0.29, 0.717) is 17.7 Å². The lowest BCUT2D eigenvalue weighted by molar-refractivity contribution is -0.124. The first kappa shape index (κ1) is 18.2. The highest BCUT2D eigenvalue weighted by Gasteiger charge is 2.15. The third kappa shape index (κ3) is 5.47. The molecule has 2 aromatic rings. The van der Waals surface area contributed by atoms with Crippen LogP contribution in [0.1, 0.15) is 24.5 Å². The maximum absolute atomic E-state index is 12.3. The first-order valence-corrected chi connectivity index (χ1v) is 9.54. The molecule has 1 atom stereocenters. The molecule has 0 aliphatic carbocycles. The Labute approximate surface area is 142 Å². The van der Waals surface area contributed by atoms with Crippen LogP contribution in [-0.2, 0) is 26.1 Å². The zero-order valence-electron chi connectivity index (χ0n) is 13.5. The van der Waals surface area contributed by atoms with Crippen molar-refractivity contribution in [1.82, 2.24) is 0 Å². The predicted octanol–water partition coefficient (Wildman–Crippen LogP) is 2.51. The van der Waals surface area contributed by atoms with Crippen molar-refractivity contribution in [3.63, 3.8) is 0 Å². The Morgan fingerprint density at radius 1 is 1.04 bits per heavy atom. The van der Waals surface area contributed by atoms with Crippen molar-refractivity contribution >= 4 is 21.4 Å². The highest BCUT2D eigenvalue weighted by Crippen LogP contribution is 2.16. The van der Waals surface area contributed by atoms with Gasteiger partial charge in [-0.25, -0.2) is 8.42 Å². The monoisotopic (exact) mass is 347 g/mol. The number of hydrogen-bond acceptors (Lipinski definition) is 4. The highest BCUT2D eigenvalue weighted by molar-refractivity contribution is 7.89. The predicted molar refractivity (Wildman–Crippen MR) is 94.1 cm³/mol. The van der Waals surface area contributed by atoms with E-state index in [1.54, 1.807) is 55.5 Å². The summed E-state index contributed by atoms with van der Waals surface area (Å²) < 4.78 is 24.7. The van der Waals surface area contributed by atoms with Crippen LogP contribution in [0.5, 0.6) is 0 Å². The largest absolute Gasteiger partial charge is 0.383 e. The molecule has 0 fully saturated rings. The van der Waals surface area contributed by atoms with Gasteiger partial charge in [-0.2, -0.15) is 0 Å². The summed E-state index contributed by atoms with van der Waals surface area (Å²) in [4.78, 5) is 11.7. The van der Waals surface area contributed by atoms with Crippen LogP contribution in [0.3, 0.4) is 0 Å². The fraction of sp³-hybridized carbons (Fsp3) is 0.278. The Hall–Kier alpha value is -2.18. The van der Waals surface area contributed by atoms with Crippen LogP contribution < -0.4 is 5.32 Å². The molecule has 24 heavy (non-hydrogen) atoms. The molecular formula is C18H21NO4S. The first-order valence-electron chi connectivity index (χ1n) is 7.72. The van der Waals surface area contributed by atoms with E-state index in [1.807, 2.05) is 6.07 Å². The lowest BCUT2D eigenvalue weighted by Gasteiger charge is -2.11. The quantitative estimate of drug-likeness (QED) is 0.806. The summed E-state index contributed by atoms with van der Waals surface area (Å²) in [5.41, 5.74) is 1.81. The van der Waals surface area contributed by atoms with Gasteiger partial charge in [-0.05, 0) is 29.7 Å². The molecule has 2 N–H and O–H groups in total. The van der Waals surface area contributed by atoms with Crippen molar-refractivity contribution in [1.29, 1.82) is 0 Å². The molecule has 0 saturated carbocycles. The van der Waals surface area contributed by atoms with E-state index in [1.165, 1.54) is 0 Å². The van der Waals surface area contributed by atoms with Crippen molar-refractivity contribution in [2.75, 3.05) is 5.32 Å². The minimum absolute atomic E-state index is 0.0288. The van der Waals surface area contributed by atoms with Crippen LogP contribution >= 0.6 is 0 Å². The number of anilines is 1. The van der Waals surface area contributed by atoms with Crippen molar-refractivity contribution in [2.45, 2.75) is 31.0 Å². The average molecular weight is 347 g/mol. The average Bonchev–Trinajstić information content (AvgIpc) is 2.54. The van der Waals surface area contributed by atoms with E-state index >= 15 is 0 Å². The molecule has 2 rings (SSSR count). The summed E-state index contributed by atoms with van der Waals surface area (Å²) in [6, 6.07) is 15.7. The number of carbonyl (C=O) groups is 1. The summed E-state index contributed by atoms with van der Waals surface area (Å²) in [5, 5.41) is 12.1. The van der Waals surface area contributed by atoms with Gasteiger partial charge in [0.1, 0.15) is 6.10 Å². The van der Waals surface area contributed by atoms with Crippen LogP contribution in [0, 0.1) is 0 Å². The van der Waals surface area contributed by atoms with Gasteiger partial charge in [0.15, 0.2) is 9.84 Å². The summed E-state index contributed by atoms with van der Waals surface area (Å²) in [5.74, 6) is -0.636. The van der Waals surface area contributed by atoms with Crippen molar-refractivity contribution in [3.8, 4) is 0 Å². The van der Waals surface area contributed by atoms with E-state index in [2.05, 4.69) is 5.32 Å². The lowest BCUT2D eigenvalue weighted by Crippen LogP contribution is -2.26. The number of hydrogen-bond donors (Lipinski definition) is 2. The van der Waals surface area contributed by atoms with Gasteiger partial charge in [-0.1, -0.05) is 49.4 Å². The SMILES string of the molecule is CCC(O)C(=O)Nc1cccc(CS(=O)(=O)Cc2ccccc2)c1. The second kappa shape index (κ2) is 8.08. The van der Waals surface area contributed by atoms with Gasteiger partial charge in [0.2, 0.25) is 0 Å². The topological polar surface area (TPSA) is 83.5 Å². The molecule has 2 aromatic carbocycles. The zero-order valence-corrected chi connectivity index (χ0v) is 14.3. The summed E-state index contributed by atoms with van der Waals surface area (Å²) in [7, 11) is -3.32. The molecule has 0 aliphatic heterocycles. The van der Waals surface area contributed by atoms with Gasteiger partial charge >= 0.3 is 0 Å². The Morgan fingerprint density at radius 2 is 1.67 bits per heavy atom. The number of rotatable bonds is 7. The van der Waals surface area contributed by atoms with E-state index < -0.39 is 21.8 Å². The molecule has 1 unspecified atom stereocenters. The van der Waals surface area contributed by atoms with Gasteiger partial charge in [0.25, 0.3) is 5.91 Å². The van der Waals surface area contributed by atoms with Gasteiger partial charge in [-0.3, -0.25) is 4.79 Å². The molecule has 0 aliphatic rings. The van der Waals surface area contributed by atoms with Crippen LogP contribution in [-0.4, -0.2) is 25.5 Å². The standard InChI is InChI=1S/C18H21NO4S/c1-2-17(20)18(21)19-16-10-6-9-15(11-16)13-24(22,23)12-14-7-4-3-5-8-14/h3-11,17,20H,2,12-13H2,1H3,(H,19,21). The van der Waals surface area contributed by atoms with Crippen LogP contribution in [0.4, 0.5) is 5.69 Å². The zero-order chi connectivity index (χ0) is 17.6. The second-order valence-corrected chi connectivity index (χ2v) is 7.70. The first-order chi connectivity index (χ1) is 11.4. The van der Waals surface area contributed by atoms with E-state index in [4.69, 9.17) is 0 Å². The maximum Gasteiger partial charge on any atom is 0.253 e. The van der Waals surface area contributed by atoms with Gasteiger partial charge in [-0.15, -0.1) is 0 Å². The molecule has 0 bridgehead atoms. The van der Waals surface area contributed by atoms with Crippen molar-refractivity contribution < 1.29 is 18.3 Å². The fourth-order valence-electron chi connectivity index (χ4n) is 2.28. The van der Waals surface area contributed by atoms with Crippen molar-refractivity contribution in [2.24, 2.45) is 0 Å². The fourth-order valence-corrected chi connectivity index (χ4v) is 3.77. The Bertz CT molecular complexity index is 788. The normalized spacial score (nSPS) is 12.6. The van der Waals surface area contributed by atoms with E-state index in [9.17, 15) is 18.3 Å². The van der Waals surface area contributed by atoms with Gasteiger partial charge in [0, 0.05) is 5.69 Å². The molecule has 0 radical (unpaired) electrons. The molecule has 0 aromatic heterocycles. The molecule has 5 nitrogen and oxygen atoms in total. The molecule has 0 heterocycles. The van der Waals surface area contributed by atoms with Gasteiger partial charge < -0.3 is 10.4 Å². The minimum Gasteiger partial charge on any atom is -0.383 e. The van der Waals surface area contributed by atoms with Crippen molar-refractivity contribution in [3.05, 3.63) is 65.7 Å². The number of sulfone groups is 1. The summed E-state index contributed by atoms with van der Waals surface area (Å²) in [6.07, 6.45) is -0.757. The van der Waals surface area contributed by atoms with Crippen LogP contribution in [0.25, 0.3) is 0 Å². The number of carbonyl (C=O) groups excluding carboxylic acids is 1. The molecule has 128 valence electrons. The van der Waals surface area contributed by atoms with Crippen LogP contribution in [0.15, 0.2) is 54.6 Å². The summed E-state index contributed by atoms with van der Waals surface area (Å²) >= 11 is 0. The second-order valence-electron chi connectivity index (χ2n) is 5.63. The number of benzene rings is 2. The minimum atomic E-state index is -3.32. The van der Waals surface area contributed by atoms with E-state index in [-0.39, 0.29) is 11.5 Å². The van der Waals surface area contributed by atoms with Gasteiger partial charge in [0.05, 0.1) is 11.5 Å². The number of aliphatic hydroxyl groups is 1. The number of aliphatic hydroxyl groups excluding tert-OH is 1. The Kier molecular flexibility index (Phi) is 6.11. The third-order valence-electron chi connectivity index (χ3n) is 3.50. The highest BCUT2D eigenvalue weighted by atomic mass is 32.2. The Morgan fingerprint density at radius 3 is 2.33 bits per heavy atom. The Balaban J connectivity index is 2.07. The molecule has 0 saturated heterocycles. The molecule has 1 amide bonds. The van der Waals surface area contributed by atoms with E-state index in [0.717, 1.165) is 5.56 Å². The molecule has 0 spiro atoms. The molecule has 6 heteroatoms. The van der Waals surface area contributed by atoms with Crippen LogP contribution in [0.2, 0.25) is 0 Å². The number of nitrogens with one attached hydrogen (secondary N) is 1.